The zero-order chi connectivity index (χ0) is 31.3. The van der Waals surface area contributed by atoms with E-state index in [2.05, 4.69) is 28.4 Å². The minimum Gasteiger partial charge on any atom is -0.429 e. The van der Waals surface area contributed by atoms with Gasteiger partial charge in [0.15, 0.2) is 17.5 Å². The highest BCUT2D eigenvalue weighted by Crippen LogP contribution is 2.34. The molecule has 0 aliphatic carbocycles. The lowest BCUT2D eigenvalue weighted by molar-refractivity contribution is -0.187. The summed E-state index contributed by atoms with van der Waals surface area (Å²) in [7, 11) is 0. The Balaban J connectivity index is 1.50. The second-order valence-electron chi connectivity index (χ2n) is 9.25. The summed E-state index contributed by atoms with van der Waals surface area (Å²) in [5, 5.41) is 0. The molecule has 0 saturated heterocycles. The molecule has 0 spiro atoms. The Morgan fingerprint density at radius 1 is 0.628 bits per heavy atom. The fraction of sp³-hybridized carbons (Fsp3) is 0.152. The smallest absolute Gasteiger partial charge is 0.429 e. The van der Waals surface area contributed by atoms with E-state index in [1.54, 1.807) is 0 Å². The van der Waals surface area contributed by atoms with Gasteiger partial charge in [0.1, 0.15) is 34.6 Å². The van der Waals surface area contributed by atoms with Crippen LogP contribution in [0.25, 0.3) is 0 Å². The summed E-state index contributed by atoms with van der Waals surface area (Å²) in [5.74, 6) is -0.754. The van der Waals surface area contributed by atoms with Crippen LogP contribution >= 0.6 is 0 Å². The molecule has 0 atom stereocenters. The van der Waals surface area contributed by atoms with E-state index < -0.39 is 63.7 Å². The fourth-order valence-corrected chi connectivity index (χ4v) is 3.86. The molecule has 220 valence electrons. The zero-order valence-corrected chi connectivity index (χ0v) is 22.2. The molecule has 0 aliphatic heterocycles. The molecule has 0 aromatic heterocycles. The predicted molar refractivity (Wildman–Crippen MR) is 141 cm³/mol. The predicted octanol–water partition coefficient (Wildman–Crippen LogP) is 8.93. The first-order valence-electron chi connectivity index (χ1n) is 12.7. The van der Waals surface area contributed by atoms with Crippen molar-refractivity contribution in [1.82, 2.24) is 0 Å². The molecule has 0 fully saturated rings. The van der Waals surface area contributed by atoms with Gasteiger partial charge in [0.05, 0.1) is 11.1 Å². The van der Waals surface area contributed by atoms with Gasteiger partial charge in [-0.15, -0.1) is 0 Å². The minimum atomic E-state index is -4.29. The van der Waals surface area contributed by atoms with Crippen molar-refractivity contribution in [2.24, 2.45) is 0 Å². The van der Waals surface area contributed by atoms with Crippen LogP contribution in [0.15, 0.2) is 60.7 Å². The highest BCUT2D eigenvalue weighted by molar-refractivity contribution is 5.47. The summed E-state index contributed by atoms with van der Waals surface area (Å²) < 4.78 is 132. The van der Waals surface area contributed by atoms with Crippen LogP contribution in [-0.2, 0) is 12.5 Å². The van der Waals surface area contributed by atoms with Crippen LogP contribution in [0.1, 0.15) is 53.1 Å². The van der Waals surface area contributed by atoms with Crippen molar-refractivity contribution in [2.45, 2.75) is 32.3 Å². The van der Waals surface area contributed by atoms with E-state index >= 15 is 0 Å². The molecule has 1 nitrogen and oxygen atoms in total. The van der Waals surface area contributed by atoms with E-state index in [1.165, 1.54) is 0 Å². The Morgan fingerprint density at radius 3 is 1.86 bits per heavy atom. The second-order valence-corrected chi connectivity index (χ2v) is 9.25. The summed E-state index contributed by atoms with van der Waals surface area (Å²) in [4.78, 5) is 0. The standard InChI is InChI=1S/C33H19F9O/c1-2-3-4-20-14-27(35)24(28(36)15-20)11-6-19-7-12-25(29(37)13-19)33(41,42)43-23-10-9-22(26(34)18-23)8-5-21-16-30(38)32(40)31(39)17-21/h7,9-10,12-18H,2-4H2,1H3. The third-order valence-electron chi connectivity index (χ3n) is 6.05. The summed E-state index contributed by atoms with van der Waals surface area (Å²) in [6.07, 6.45) is -2.23. The Kier molecular flexibility index (Phi) is 9.40. The lowest BCUT2D eigenvalue weighted by Gasteiger charge is -2.19. The van der Waals surface area contributed by atoms with Crippen LogP contribution < -0.4 is 4.74 Å². The van der Waals surface area contributed by atoms with Gasteiger partial charge in [0, 0.05) is 17.2 Å². The van der Waals surface area contributed by atoms with Crippen LogP contribution in [0, 0.1) is 64.4 Å². The highest BCUT2D eigenvalue weighted by Gasteiger charge is 2.38. The summed E-state index contributed by atoms with van der Waals surface area (Å²) in [6, 6.07) is 8.16. The average molecular weight is 602 g/mol. The molecule has 0 amide bonds. The van der Waals surface area contributed by atoms with Gasteiger partial charge in [0.2, 0.25) is 0 Å². The van der Waals surface area contributed by atoms with Crippen LogP contribution in [0.2, 0.25) is 0 Å². The van der Waals surface area contributed by atoms with E-state index in [-0.39, 0.29) is 16.7 Å². The molecule has 10 heteroatoms. The van der Waals surface area contributed by atoms with Gasteiger partial charge >= 0.3 is 6.11 Å². The third kappa shape index (κ3) is 7.52. The van der Waals surface area contributed by atoms with E-state index in [4.69, 9.17) is 0 Å². The second kappa shape index (κ2) is 13.0. The molecule has 0 bridgehead atoms. The number of hydrogen-bond acceptors (Lipinski definition) is 1. The topological polar surface area (TPSA) is 9.23 Å². The number of halogens is 9. The number of benzene rings is 4. The van der Waals surface area contributed by atoms with E-state index in [0.29, 0.717) is 42.3 Å². The van der Waals surface area contributed by atoms with Crippen molar-refractivity contribution in [2.75, 3.05) is 0 Å². The van der Waals surface area contributed by atoms with Crippen molar-refractivity contribution in [3.05, 3.63) is 135 Å². The molecule has 0 heterocycles. The van der Waals surface area contributed by atoms with Crippen molar-refractivity contribution in [3.63, 3.8) is 0 Å². The number of hydrogen-bond donors (Lipinski definition) is 0. The monoisotopic (exact) mass is 602 g/mol. The first kappa shape index (κ1) is 31.1. The first-order valence-corrected chi connectivity index (χ1v) is 12.7. The number of rotatable bonds is 6. The van der Waals surface area contributed by atoms with Crippen LogP contribution in [0.4, 0.5) is 39.5 Å². The Bertz CT molecular complexity index is 1760. The molecule has 43 heavy (non-hydrogen) atoms. The summed E-state index contributed by atoms with van der Waals surface area (Å²) >= 11 is 0. The van der Waals surface area contributed by atoms with Crippen LogP contribution in [-0.4, -0.2) is 0 Å². The van der Waals surface area contributed by atoms with Crippen molar-refractivity contribution >= 4 is 0 Å². The van der Waals surface area contributed by atoms with E-state index in [0.717, 1.165) is 43.2 Å². The van der Waals surface area contributed by atoms with Gasteiger partial charge in [0.25, 0.3) is 0 Å². The maximum Gasteiger partial charge on any atom is 0.429 e. The maximum absolute atomic E-state index is 14.8. The van der Waals surface area contributed by atoms with Crippen LogP contribution in [0.3, 0.4) is 0 Å². The molecule has 0 radical (unpaired) electrons. The fourth-order valence-electron chi connectivity index (χ4n) is 3.86. The minimum absolute atomic E-state index is 0.152. The van der Waals surface area contributed by atoms with Crippen molar-refractivity contribution in [1.29, 1.82) is 0 Å². The molecular formula is C33H19F9O. The van der Waals surface area contributed by atoms with Gasteiger partial charge < -0.3 is 4.74 Å². The molecule has 0 unspecified atom stereocenters. The summed E-state index contributed by atoms with van der Waals surface area (Å²) in [6.45, 7) is 1.93. The Hall–Kier alpha value is -4.83. The van der Waals surface area contributed by atoms with Gasteiger partial charge in [-0.05, 0) is 73.0 Å². The van der Waals surface area contributed by atoms with Crippen molar-refractivity contribution < 1.29 is 44.3 Å². The normalized spacial score (nSPS) is 10.9. The quantitative estimate of drug-likeness (QED) is 0.122. The zero-order valence-electron chi connectivity index (χ0n) is 22.2. The molecule has 0 aliphatic rings. The van der Waals surface area contributed by atoms with Gasteiger partial charge in [-0.1, -0.05) is 37.0 Å². The van der Waals surface area contributed by atoms with E-state index in [1.807, 2.05) is 6.92 Å². The number of alkyl halides is 2. The summed E-state index contributed by atoms with van der Waals surface area (Å²) in [5.41, 5.74) is -2.13. The van der Waals surface area contributed by atoms with E-state index in [9.17, 15) is 39.5 Å². The molecule has 4 aromatic carbocycles. The first-order chi connectivity index (χ1) is 20.4. The van der Waals surface area contributed by atoms with Crippen molar-refractivity contribution in [3.8, 4) is 29.4 Å². The Labute approximate surface area is 240 Å². The van der Waals surface area contributed by atoms with Crippen LogP contribution in [0.5, 0.6) is 5.75 Å². The van der Waals surface area contributed by atoms with Gasteiger partial charge in [-0.25, -0.2) is 30.7 Å². The average Bonchev–Trinajstić information content (AvgIpc) is 2.93. The van der Waals surface area contributed by atoms with Gasteiger partial charge in [-0.2, -0.15) is 8.78 Å². The lowest BCUT2D eigenvalue weighted by atomic mass is 10.0. The van der Waals surface area contributed by atoms with Gasteiger partial charge in [-0.3, -0.25) is 0 Å². The maximum atomic E-state index is 14.8. The number of unbranched alkanes of at least 4 members (excludes halogenated alkanes) is 1. The largest absolute Gasteiger partial charge is 0.429 e. The third-order valence-corrected chi connectivity index (χ3v) is 6.05. The Morgan fingerprint density at radius 2 is 1.26 bits per heavy atom. The molecule has 0 saturated carbocycles. The highest BCUT2D eigenvalue weighted by atomic mass is 19.3. The SMILES string of the molecule is CCCCc1cc(F)c(C#Cc2ccc(C(F)(F)Oc3ccc(C#Cc4cc(F)c(F)c(F)c4)c(F)c3)c(F)c2)c(F)c1. The molecular weight excluding hydrogens is 583 g/mol. The molecule has 4 aromatic rings. The molecule has 0 N–H and O–H groups in total. The molecule has 4 rings (SSSR count). The number of ether oxygens (including phenoxy) is 1. The lowest BCUT2D eigenvalue weighted by Crippen LogP contribution is -2.23. The number of aryl methyl sites for hydroxylation is 1.